The first-order valence-electron chi connectivity index (χ1n) is 7.98. The Morgan fingerprint density at radius 3 is 2.48 bits per heavy atom. The molecular formula is C17H26N2O2. The number of rotatable bonds is 4. The molecule has 1 aliphatic heterocycles. The van der Waals surface area contributed by atoms with E-state index in [-0.39, 0.29) is 6.04 Å². The average molecular weight is 290 g/mol. The summed E-state index contributed by atoms with van der Waals surface area (Å²) in [5.74, 6) is 1.57. The van der Waals surface area contributed by atoms with Crippen LogP contribution in [-0.4, -0.2) is 37.7 Å². The molecule has 3 rings (SSSR count). The molecule has 1 aromatic carbocycles. The largest absolute Gasteiger partial charge is 0.493 e. The SMILES string of the molecule is COc1ccc(C2C(N)CCCCN2C2CC2)cc1OC. The molecule has 2 N–H and O–H groups in total. The topological polar surface area (TPSA) is 47.7 Å². The van der Waals surface area contributed by atoms with Gasteiger partial charge in [0.2, 0.25) is 0 Å². The Morgan fingerprint density at radius 2 is 1.81 bits per heavy atom. The Balaban J connectivity index is 1.94. The number of nitrogens with zero attached hydrogens (tertiary/aromatic N) is 1. The van der Waals surface area contributed by atoms with Crippen molar-refractivity contribution in [3.63, 3.8) is 0 Å². The third kappa shape index (κ3) is 3.01. The molecule has 4 heteroatoms. The highest BCUT2D eigenvalue weighted by Gasteiger charge is 2.38. The van der Waals surface area contributed by atoms with Gasteiger partial charge in [-0.3, -0.25) is 4.90 Å². The summed E-state index contributed by atoms with van der Waals surface area (Å²) in [6.07, 6.45) is 6.22. The summed E-state index contributed by atoms with van der Waals surface area (Å²) in [5.41, 5.74) is 7.77. The van der Waals surface area contributed by atoms with Crippen LogP contribution in [-0.2, 0) is 0 Å². The van der Waals surface area contributed by atoms with Gasteiger partial charge in [-0.05, 0) is 49.9 Å². The van der Waals surface area contributed by atoms with Crippen LogP contribution in [0.4, 0.5) is 0 Å². The van der Waals surface area contributed by atoms with Crippen LogP contribution in [0.25, 0.3) is 0 Å². The Hall–Kier alpha value is -1.26. The second-order valence-corrected chi connectivity index (χ2v) is 6.19. The smallest absolute Gasteiger partial charge is 0.161 e. The third-order valence-electron chi connectivity index (χ3n) is 4.73. The van der Waals surface area contributed by atoms with Gasteiger partial charge in [-0.25, -0.2) is 0 Å². The normalized spacial score (nSPS) is 27.2. The Labute approximate surface area is 127 Å². The molecular weight excluding hydrogens is 264 g/mol. The molecule has 0 aromatic heterocycles. The van der Waals surface area contributed by atoms with E-state index in [1.54, 1.807) is 14.2 Å². The van der Waals surface area contributed by atoms with Gasteiger partial charge < -0.3 is 15.2 Å². The van der Waals surface area contributed by atoms with E-state index in [9.17, 15) is 0 Å². The van der Waals surface area contributed by atoms with Gasteiger partial charge in [-0.1, -0.05) is 12.5 Å². The second kappa shape index (κ2) is 6.24. The Morgan fingerprint density at radius 1 is 1.05 bits per heavy atom. The predicted octanol–water partition coefficient (Wildman–Crippen LogP) is 2.72. The van der Waals surface area contributed by atoms with Crippen LogP contribution in [0.5, 0.6) is 11.5 Å². The Kier molecular flexibility index (Phi) is 4.36. The lowest BCUT2D eigenvalue weighted by atomic mass is 9.95. The minimum Gasteiger partial charge on any atom is -0.493 e. The van der Waals surface area contributed by atoms with E-state index < -0.39 is 0 Å². The minimum absolute atomic E-state index is 0.200. The fourth-order valence-corrected chi connectivity index (χ4v) is 3.51. The zero-order chi connectivity index (χ0) is 14.8. The van der Waals surface area contributed by atoms with Crippen molar-refractivity contribution in [2.24, 2.45) is 5.73 Å². The average Bonchev–Trinajstić information content (AvgIpc) is 3.33. The molecule has 4 nitrogen and oxygen atoms in total. The van der Waals surface area contributed by atoms with Gasteiger partial charge in [0, 0.05) is 12.1 Å². The molecule has 2 fully saturated rings. The van der Waals surface area contributed by atoms with Crippen LogP contribution in [0.1, 0.15) is 43.7 Å². The molecule has 21 heavy (non-hydrogen) atoms. The van der Waals surface area contributed by atoms with Crippen molar-refractivity contribution in [1.29, 1.82) is 0 Å². The van der Waals surface area contributed by atoms with Gasteiger partial charge in [0.05, 0.1) is 20.3 Å². The van der Waals surface area contributed by atoms with E-state index in [1.807, 2.05) is 6.07 Å². The van der Waals surface area contributed by atoms with Crippen LogP contribution < -0.4 is 15.2 Å². The molecule has 2 unspecified atom stereocenters. The lowest BCUT2D eigenvalue weighted by Crippen LogP contribution is -2.41. The molecule has 1 aromatic rings. The number of nitrogens with two attached hydrogens (primary N) is 1. The van der Waals surface area contributed by atoms with Gasteiger partial charge in [-0.2, -0.15) is 0 Å². The maximum atomic E-state index is 6.52. The summed E-state index contributed by atoms with van der Waals surface area (Å²) in [5, 5.41) is 0. The first kappa shape index (κ1) is 14.7. The molecule has 0 radical (unpaired) electrons. The van der Waals surface area contributed by atoms with Gasteiger partial charge >= 0.3 is 0 Å². The molecule has 1 aliphatic carbocycles. The molecule has 1 heterocycles. The summed E-state index contributed by atoms with van der Waals surface area (Å²) < 4.78 is 10.8. The van der Waals surface area contributed by atoms with Crippen molar-refractivity contribution in [2.75, 3.05) is 20.8 Å². The quantitative estimate of drug-likeness (QED) is 0.926. The van der Waals surface area contributed by atoms with E-state index >= 15 is 0 Å². The fourth-order valence-electron chi connectivity index (χ4n) is 3.51. The maximum Gasteiger partial charge on any atom is 0.161 e. The summed E-state index contributed by atoms with van der Waals surface area (Å²) >= 11 is 0. The molecule has 0 bridgehead atoms. The lowest BCUT2D eigenvalue weighted by molar-refractivity contribution is 0.175. The first-order valence-corrected chi connectivity index (χ1v) is 7.98. The second-order valence-electron chi connectivity index (χ2n) is 6.19. The van der Waals surface area contributed by atoms with E-state index in [0.29, 0.717) is 6.04 Å². The highest BCUT2D eigenvalue weighted by atomic mass is 16.5. The lowest BCUT2D eigenvalue weighted by Gasteiger charge is -2.34. The summed E-state index contributed by atoms with van der Waals surface area (Å²) in [7, 11) is 3.36. The number of ether oxygens (including phenoxy) is 2. The third-order valence-corrected chi connectivity index (χ3v) is 4.73. The number of likely N-dealkylation sites (tertiary alicyclic amines) is 1. The molecule has 0 amide bonds. The van der Waals surface area contributed by atoms with Gasteiger partial charge in [0.15, 0.2) is 11.5 Å². The van der Waals surface area contributed by atoms with Crippen LogP contribution in [0, 0.1) is 0 Å². The first-order chi connectivity index (χ1) is 10.2. The van der Waals surface area contributed by atoms with E-state index in [1.165, 1.54) is 31.2 Å². The van der Waals surface area contributed by atoms with E-state index in [0.717, 1.165) is 30.5 Å². The minimum atomic E-state index is 0.200. The number of hydrogen-bond acceptors (Lipinski definition) is 4. The van der Waals surface area contributed by atoms with Gasteiger partial charge in [0.25, 0.3) is 0 Å². The summed E-state index contributed by atoms with van der Waals surface area (Å²) in [6, 6.07) is 7.48. The molecule has 1 saturated carbocycles. The zero-order valence-electron chi connectivity index (χ0n) is 13.0. The molecule has 116 valence electrons. The van der Waals surface area contributed by atoms with Gasteiger partial charge in [-0.15, -0.1) is 0 Å². The maximum absolute atomic E-state index is 6.52. The Bertz CT molecular complexity index is 488. The van der Waals surface area contributed by atoms with Crippen LogP contribution in [0.2, 0.25) is 0 Å². The van der Waals surface area contributed by atoms with Crippen molar-refractivity contribution in [3.8, 4) is 11.5 Å². The predicted molar refractivity (Wildman–Crippen MR) is 83.8 cm³/mol. The molecule has 2 aliphatic rings. The van der Waals surface area contributed by atoms with Crippen molar-refractivity contribution >= 4 is 0 Å². The molecule has 1 saturated heterocycles. The summed E-state index contributed by atoms with van der Waals surface area (Å²) in [6.45, 7) is 1.16. The van der Waals surface area contributed by atoms with Crippen molar-refractivity contribution in [3.05, 3.63) is 23.8 Å². The number of benzene rings is 1. The van der Waals surface area contributed by atoms with Crippen molar-refractivity contribution in [2.45, 2.75) is 50.2 Å². The van der Waals surface area contributed by atoms with Crippen LogP contribution in [0.15, 0.2) is 18.2 Å². The molecule has 0 spiro atoms. The number of methoxy groups -OCH3 is 2. The van der Waals surface area contributed by atoms with E-state index in [4.69, 9.17) is 15.2 Å². The monoisotopic (exact) mass is 290 g/mol. The van der Waals surface area contributed by atoms with Crippen molar-refractivity contribution in [1.82, 2.24) is 4.90 Å². The highest BCUT2D eigenvalue weighted by Crippen LogP contribution is 2.40. The standard InChI is InChI=1S/C17H26N2O2/c1-20-15-9-6-12(11-16(15)21-2)17-14(18)5-3-4-10-19(17)13-7-8-13/h6,9,11,13-14,17H,3-5,7-8,10,18H2,1-2H3. The highest BCUT2D eigenvalue weighted by molar-refractivity contribution is 5.44. The fraction of sp³-hybridized carbons (Fsp3) is 0.647. The van der Waals surface area contributed by atoms with Gasteiger partial charge in [0.1, 0.15) is 0 Å². The van der Waals surface area contributed by atoms with Crippen LogP contribution >= 0.6 is 0 Å². The van der Waals surface area contributed by atoms with Crippen LogP contribution in [0.3, 0.4) is 0 Å². The number of hydrogen-bond donors (Lipinski definition) is 1. The molecule has 2 atom stereocenters. The van der Waals surface area contributed by atoms with E-state index in [2.05, 4.69) is 17.0 Å². The summed E-state index contributed by atoms with van der Waals surface area (Å²) in [4.78, 5) is 2.62. The zero-order valence-corrected chi connectivity index (χ0v) is 13.0. The van der Waals surface area contributed by atoms with Crippen molar-refractivity contribution < 1.29 is 9.47 Å².